The van der Waals surface area contributed by atoms with Gasteiger partial charge in [0.1, 0.15) is 5.75 Å². The number of benzene rings is 2. The molecule has 1 aliphatic heterocycles. The quantitative estimate of drug-likeness (QED) is 0.631. The summed E-state index contributed by atoms with van der Waals surface area (Å²) in [5.41, 5.74) is 3.92. The van der Waals surface area contributed by atoms with Gasteiger partial charge in [0, 0.05) is 37.1 Å². The lowest BCUT2D eigenvalue weighted by atomic mass is 10.1. The Balaban J connectivity index is 1.65. The Kier molecular flexibility index (Phi) is 6.69. The largest absolute Gasteiger partial charge is 0.493 e. The van der Waals surface area contributed by atoms with Crippen LogP contribution < -0.4 is 10.1 Å². The maximum atomic E-state index is 9.42. The minimum atomic E-state index is 0.131. The van der Waals surface area contributed by atoms with E-state index in [9.17, 15) is 5.11 Å². The molecule has 4 rings (SSSR count). The third-order valence-corrected chi connectivity index (χ3v) is 4.87. The molecule has 6 nitrogen and oxygen atoms in total. The second kappa shape index (κ2) is 10.0. The lowest BCUT2D eigenvalue weighted by Crippen LogP contribution is -2.26. The van der Waals surface area contributed by atoms with Crippen molar-refractivity contribution in [3.63, 3.8) is 0 Å². The fraction of sp³-hybridized carbons (Fsp3) is 0.250. The lowest BCUT2D eigenvalue weighted by Gasteiger charge is -2.20. The van der Waals surface area contributed by atoms with Crippen molar-refractivity contribution in [1.82, 2.24) is 14.9 Å². The molecule has 154 valence electrons. The molecule has 30 heavy (non-hydrogen) atoms. The third kappa shape index (κ3) is 5.43. The number of ether oxygens (including phenoxy) is 1. The van der Waals surface area contributed by atoms with Crippen LogP contribution in [-0.4, -0.2) is 46.3 Å². The maximum Gasteiger partial charge on any atom is 0.227 e. The molecule has 2 aromatic carbocycles. The second-order valence-electron chi connectivity index (χ2n) is 7.19. The lowest BCUT2D eigenvalue weighted by molar-refractivity contribution is 0.203. The van der Waals surface area contributed by atoms with Crippen LogP contribution in [0.15, 0.2) is 72.9 Å². The Morgan fingerprint density at radius 3 is 2.93 bits per heavy atom. The van der Waals surface area contributed by atoms with Crippen LogP contribution in [0.2, 0.25) is 0 Å². The predicted molar refractivity (Wildman–Crippen MR) is 119 cm³/mol. The fourth-order valence-corrected chi connectivity index (χ4v) is 3.42. The van der Waals surface area contributed by atoms with Crippen LogP contribution >= 0.6 is 0 Å². The highest BCUT2D eigenvalue weighted by Gasteiger charge is 2.08. The van der Waals surface area contributed by atoms with E-state index in [1.807, 2.05) is 42.5 Å². The van der Waals surface area contributed by atoms with Crippen molar-refractivity contribution in [3.8, 4) is 17.0 Å². The van der Waals surface area contributed by atoms with E-state index in [4.69, 9.17) is 4.74 Å². The highest BCUT2D eigenvalue weighted by atomic mass is 16.5. The van der Waals surface area contributed by atoms with E-state index in [0.29, 0.717) is 19.1 Å². The standard InChI is InChI=1S/C24H26N4O2/c29-14-13-28-12-2-1-3-15-30-22-9-5-7-20(17-22)23-10-11-25-24(27-23)26-21-8-4-6-19(16-21)18-28/h1-2,4-11,16-17,29H,3,12-15,18H2,(H,25,26,27). The van der Waals surface area contributed by atoms with Gasteiger partial charge in [0.05, 0.1) is 18.9 Å². The number of aromatic nitrogens is 2. The Labute approximate surface area is 176 Å². The monoisotopic (exact) mass is 402 g/mol. The molecule has 2 heterocycles. The Morgan fingerprint density at radius 2 is 2.00 bits per heavy atom. The van der Waals surface area contributed by atoms with Gasteiger partial charge in [0.15, 0.2) is 0 Å². The number of nitrogens with zero attached hydrogens (tertiary/aromatic N) is 3. The normalized spacial score (nSPS) is 14.8. The molecule has 1 aromatic heterocycles. The van der Waals surface area contributed by atoms with Crippen LogP contribution in [-0.2, 0) is 6.54 Å². The summed E-state index contributed by atoms with van der Waals surface area (Å²) in [5, 5.41) is 12.7. The molecule has 0 radical (unpaired) electrons. The highest BCUT2D eigenvalue weighted by Crippen LogP contribution is 2.24. The van der Waals surface area contributed by atoms with E-state index in [-0.39, 0.29) is 6.61 Å². The average Bonchev–Trinajstić information content (AvgIpc) is 2.76. The van der Waals surface area contributed by atoms with Crippen molar-refractivity contribution in [2.24, 2.45) is 0 Å². The molecule has 0 saturated carbocycles. The number of rotatable bonds is 2. The van der Waals surface area contributed by atoms with Crippen LogP contribution in [0, 0.1) is 0 Å². The van der Waals surface area contributed by atoms with Crippen molar-refractivity contribution in [2.45, 2.75) is 13.0 Å². The van der Waals surface area contributed by atoms with E-state index < -0.39 is 0 Å². The summed E-state index contributed by atoms with van der Waals surface area (Å²) in [7, 11) is 0. The van der Waals surface area contributed by atoms with Crippen LogP contribution in [0.25, 0.3) is 11.3 Å². The summed E-state index contributed by atoms with van der Waals surface area (Å²) < 4.78 is 5.91. The second-order valence-corrected chi connectivity index (χ2v) is 7.19. The molecular weight excluding hydrogens is 376 g/mol. The number of aliphatic hydroxyl groups excluding tert-OH is 1. The van der Waals surface area contributed by atoms with Gasteiger partial charge in [0.25, 0.3) is 0 Å². The molecule has 0 spiro atoms. The zero-order chi connectivity index (χ0) is 20.6. The van der Waals surface area contributed by atoms with Crippen LogP contribution in [0.5, 0.6) is 5.75 Å². The van der Waals surface area contributed by atoms with Crippen LogP contribution in [0.3, 0.4) is 0 Å². The molecule has 6 heteroatoms. The minimum Gasteiger partial charge on any atom is -0.493 e. The molecule has 0 aliphatic carbocycles. The smallest absolute Gasteiger partial charge is 0.227 e. The topological polar surface area (TPSA) is 70.5 Å². The van der Waals surface area contributed by atoms with E-state index in [1.54, 1.807) is 6.20 Å². The van der Waals surface area contributed by atoms with Gasteiger partial charge in [-0.1, -0.05) is 36.4 Å². The molecule has 0 saturated heterocycles. The van der Waals surface area contributed by atoms with Crippen molar-refractivity contribution < 1.29 is 9.84 Å². The first-order chi connectivity index (χ1) is 14.8. The number of β-amino-alcohol motifs (C(OH)–C–C–N with tert-alkyl or cyclic N) is 1. The summed E-state index contributed by atoms with van der Waals surface area (Å²) >= 11 is 0. The fourth-order valence-electron chi connectivity index (χ4n) is 3.42. The summed E-state index contributed by atoms with van der Waals surface area (Å²) in [6.07, 6.45) is 6.85. The Morgan fingerprint density at radius 1 is 1.07 bits per heavy atom. The number of hydrogen-bond acceptors (Lipinski definition) is 6. The number of aliphatic hydroxyl groups is 1. The zero-order valence-corrected chi connectivity index (χ0v) is 16.9. The molecule has 0 unspecified atom stereocenters. The molecule has 2 N–H and O–H groups in total. The summed E-state index contributed by atoms with van der Waals surface area (Å²) in [4.78, 5) is 11.3. The van der Waals surface area contributed by atoms with Crippen molar-refractivity contribution in [2.75, 3.05) is 31.6 Å². The summed E-state index contributed by atoms with van der Waals surface area (Å²) in [6, 6.07) is 18.1. The first-order valence-corrected chi connectivity index (χ1v) is 10.2. The molecule has 6 bridgehead atoms. The van der Waals surface area contributed by atoms with Gasteiger partial charge in [-0.25, -0.2) is 9.97 Å². The van der Waals surface area contributed by atoms with Gasteiger partial charge in [0.2, 0.25) is 5.95 Å². The Bertz CT molecular complexity index is 1010. The molecule has 0 amide bonds. The molecule has 1 aliphatic rings. The van der Waals surface area contributed by atoms with Gasteiger partial charge >= 0.3 is 0 Å². The van der Waals surface area contributed by atoms with Crippen molar-refractivity contribution in [1.29, 1.82) is 0 Å². The van der Waals surface area contributed by atoms with E-state index in [0.717, 1.165) is 47.8 Å². The number of fused-ring (bicyclic) bond motifs is 7. The number of nitrogens with one attached hydrogen (secondary N) is 1. The van der Waals surface area contributed by atoms with Gasteiger partial charge in [-0.3, -0.25) is 4.90 Å². The minimum absolute atomic E-state index is 0.131. The molecule has 0 atom stereocenters. The zero-order valence-electron chi connectivity index (χ0n) is 16.9. The molecule has 3 aromatic rings. The first-order valence-electron chi connectivity index (χ1n) is 10.2. The van der Waals surface area contributed by atoms with E-state index in [1.165, 1.54) is 0 Å². The van der Waals surface area contributed by atoms with E-state index >= 15 is 0 Å². The van der Waals surface area contributed by atoms with Crippen molar-refractivity contribution in [3.05, 3.63) is 78.5 Å². The molecular formula is C24H26N4O2. The van der Waals surface area contributed by atoms with Gasteiger partial charge in [-0.2, -0.15) is 0 Å². The average molecular weight is 402 g/mol. The van der Waals surface area contributed by atoms with Gasteiger partial charge in [-0.05, 0) is 42.3 Å². The maximum absolute atomic E-state index is 9.42. The number of anilines is 2. The first kappa shape index (κ1) is 20.1. The van der Waals surface area contributed by atoms with Crippen molar-refractivity contribution >= 4 is 11.6 Å². The SMILES string of the molecule is OCCN1CC=CCCOc2cccc(c2)-c2ccnc(n2)Nc2cccc(c2)C1. The highest BCUT2D eigenvalue weighted by molar-refractivity contribution is 5.63. The van der Waals surface area contributed by atoms with Gasteiger partial charge < -0.3 is 15.2 Å². The third-order valence-electron chi connectivity index (χ3n) is 4.87. The summed E-state index contributed by atoms with van der Waals surface area (Å²) in [5.74, 6) is 1.37. The summed E-state index contributed by atoms with van der Waals surface area (Å²) in [6.45, 7) is 2.89. The molecule has 0 fully saturated rings. The predicted octanol–water partition coefficient (Wildman–Crippen LogP) is 4.02. The van der Waals surface area contributed by atoms with E-state index in [2.05, 4.69) is 44.5 Å². The van der Waals surface area contributed by atoms with Crippen LogP contribution in [0.4, 0.5) is 11.6 Å². The number of hydrogen-bond donors (Lipinski definition) is 2. The van der Waals surface area contributed by atoms with Gasteiger partial charge in [-0.15, -0.1) is 0 Å². The van der Waals surface area contributed by atoms with Crippen LogP contribution in [0.1, 0.15) is 12.0 Å². The Hall–Kier alpha value is -3.22.